The molecule has 2 N–H and O–H groups in total. The van der Waals surface area contributed by atoms with E-state index in [2.05, 4.69) is 45.0 Å². The van der Waals surface area contributed by atoms with Crippen LogP contribution in [0, 0.1) is 13.8 Å². The normalized spacial score (nSPS) is 26.2. The monoisotopic (exact) mass is 471 g/mol. The molecule has 6 nitrogen and oxygen atoms in total. The molecule has 3 aromatic rings. The van der Waals surface area contributed by atoms with Crippen LogP contribution in [0.5, 0.6) is 5.75 Å². The van der Waals surface area contributed by atoms with Gasteiger partial charge < -0.3 is 19.5 Å². The molecule has 30 heavy (non-hydrogen) atoms. The Morgan fingerprint density at radius 1 is 1.10 bits per heavy atom. The van der Waals surface area contributed by atoms with E-state index in [-0.39, 0.29) is 6.04 Å². The molecule has 7 heteroatoms. The Balaban J connectivity index is 1.47. The molecule has 2 heterocycles. The highest BCUT2D eigenvalue weighted by Crippen LogP contribution is 2.40. The molecule has 0 unspecified atom stereocenters. The van der Waals surface area contributed by atoms with Gasteiger partial charge in [-0.05, 0) is 78.2 Å². The standard InChI is InChI=1S/C23H26BrN3O3/c1-12-7-14-5-3-4-6-15(14)18(8-12)30-19-9-17(21(28)22(19)29)27-10-16(24)20-13(2)25-11-26-23(20)27/h7-8,10-11,17,19,21-22,28-29H,3-6,9H2,1-2H3/t17-,19+,21+,22-/m1/s1. The van der Waals surface area contributed by atoms with E-state index >= 15 is 0 Å². The molecule has 0 radical (unpaired) electrons. The summed E-state index contributed by atoms with van der Waals surface area (Å²) in [6.07, 6.45) is 6.03. The van der Waals surface area contributed by atoms with Crippen molar-refractivity contribution in [3.63, 3.8) is 0 Å². The summed E-state index contributed by atoms with van der Waals surface area (Å²) < 4.78 is 9.19. The fourth-order valence-corrected chi connectivity index (χ4v) is 5.73. The van der Waals surface area contributed by atoms with E-state index in [1.54, 1.807) is 0 Å². The van der Waals surface area contributed by atoms with Crippen LogP contribution in [0.2, 0.25) is 0 Å². The van der Waals surface area contributed by atoms with Crippen molar-refractivity contribution in [2.45, 2.75) is 70.3 Å². The quantitative estimate of drug-likeness (QED) is 0.606. The summed E-state index contributed by atoms with van der Waals surface area (Å²) >= 11 is 3.59. The molecule has 0 amide bonds. The Kier molecular flexibility index (Phi) is 5.08. The number of hydrogen-bond acceptors (Lipinski definition) is 5. The molecule has 158 valence electrons. The molecule has 1 aromatic carbocycles. The van der Waals surface area contributed by atoms with Gasteiger partial charge in [0, 0.05) is 17.1 Å². The third kappa shape index (κ3) is 3.24. The zero-order chi connectivity index (χ0) is 21.0. The molecule has 0 aliphatic heterocycles. The number of fused-ring (bicyclic) bond motifs is 2. The van der Waals surface area contributed by atoms with Crippen LogP contribution in [0.25, 0.3) is 11.0 Å². The van der Waals surface area contributed by atoms with Gasteiger partial charge in [-0.1, -0.05) is 6.07 Å². The lowest BCUT2D eigenvalue weighted by atomic mass is 9.89. The van der Waals surface area contributed by atoms with Gasteiger partial charge in [0.1, 0.15) is 36.0 Å². The Labute approximate surface area is 184 Å². The predicted octanol–water partition coefficient (Wildman–Crippen LogP) is 3.80. The Bertz CT molecular complexity index is 1110. The first kappa shape index (κ1) is 20.0. The number of halogens is 1. The minimum atomic E-state index is -0.964. The van der Waals surface area contributed by atoms with E-state index in [1.165, 1.54) is 29.4 Å². The van der Waals surface area contributed by atoms with Crippen LogP contribution < -0.4 is 4.74 Å². The van der Waals surface area contributed by atoms with Crippen LogP contribution in [0.4, 0.5) is 0 Å². The Morgan fingerprint density at radius 2 is 1.90 bits per heavy atom. The molecule has 0 bridgehead atoms. The topological polar surface area (TPSA) is 80.4 Å². The van der Waals surface area contributed by atoms with Gasteiger partial charge in [0.25, 0.3) is 0 Å². The number of aromatic nitrogens is 3. The molecule has 4 atom stereocenters. The van der Waals surface area contributed by atoms with E-state index < -0.39 is 18.3 Å². The largest absolute Gasteiger partial charge is 0.487 e. The third-order valence-electron chi connectivity index (χ3n) is 6.56. The number of ether oxygens (including phenoxy) is 1. The van der Waals surface area contributed by atoms with Gasteiger partial charge in [0.15, 0.2) is 0 Å². The van der Waals surface area contributed by atoms with Crippen LogP contribution >= 0.6 is 15.9 Å². The van der Waals surface area contributed by atoms with Crippen molar-refractivity contribution in [1.82, 2.24) is 14.5 Å². The third-order valence-corrected chi connectivity index (χ3v) is 7.16. The van der Waals surface area contributed by atoms with Gasteiger partial charge in [-0.25, -0.2) is 9.97 Å². The lowest BCUT2D eigenvalue weighted by molar-refractivity contribution is -0.0166. The van der Waals surface area contributed by atoms with Crippen molar-refractivity contribution in [2.75, 3.05) is 0 Å². The van der Waals surface area contributed by atoms with E-state index in [9.17, 15) is 10.2 Å². The fourth-order valence-electron chi connectivity index (χ4n) is 5.05. The molecule has 5 rings (SSSR count). The first-order valence-corrected chi connectivity index (χ1v) is 11.4. The number of hydrogen-bond donors (Lipinski definition) is 2. The van der Waals surface area contributed by atoms with Gasteiger partial charge >= 0.3 is 0 Å². The average molecular weight is 472 g/mol. The molecule has 0 saturated heterocycles. The van der Waals surface area contributed by atoms with Crippen molar-refractivity contribution in [1.29, 1.82) is 0 Å². The molecule has 0 spiro atoms. The second-order valence-electron chi connectivity index (χ2n) is 8.59. The van der Waals surface area contributed by atoms with Crippen molar-refractivity contribution in [3.8, 4) is 5.75 Å². The van der Waals surface area contributed by atoms with Crippen molar-refractivity contribution in [3.05, 3.63) is 51.5 Å². The molecular weight excluding hydrogens is 446 g/mol. The number of aliphatic hydroxyl groups is 2. The van der Waals surface area contributed by atoms with E-state index in [0.717, 1.165) is 46.2 Å². The number of aryl methyl sites for hydroxylation is 3. The molecule has 1 saturated carbocycles. The van der Waals surface area contributed by atoms with Crippen molar-refractivity contribution >= 4 is 27.0 Å². The highest BCUT2D eigenvalue weighted by atomic mass is 79.9. The van der Waals surface area contributed by atoms with E-state index in [0.29, 0.717) is 6.42 Å². The first-order valence-electron chi connectivity index (χ1n) is 10.6. The summed E-state index contributed by atoms with van der Waals surface area (Å²) in [6, 6.07) is 3.98. The number of rotatable bonds is 3. The maximum absolute atomic E-state index is 10.9. The highest BCUT2D eigenvalue weighted by molar-refractivity contribution is 9.10. The number of nitrogens with zero attached hydrogens (tertiary/aromatic N) is 3. The zero-order valence-corrected chi connectivity index (χ0v) is 18.8. The molecule has 2 aliphatic rings. The van der Waals surface area contributed by atoms with Gasteiger partial charge in [-0.15, -0.1) is 0 Å². The van der Waals surface area contributed by atoms with Gasteiger partial charge in [0.05, 0.1) is 17.1 Å². The Hall–Kier alpha value is -1.96. The van der Waals surface area contributed by atoms with Crippen LogP contribution in [0.3, 0.4) is 0 Å². The number of benzene rings is 1. The van der Waals surface area contributed by atoms with Crippen LogP contribution in [0.15, 0.2) is 29.1 Å². The van der Waals surface area contributed by atoms with Gasteiger partial charge in [-0.2, -0.15) is 0 Å². The highest BCUT2D eigenvalue weighted by Gasteiger charge is 2.45. The molecule has 2 aromatic heterocycles. The number of aliphatic hydroxyl groups excluding tert-OH is 2. The van der Waals surface area contributed by atoms with E-state index in [4.69, 9.17) is 4.74 Å². The lowest BCUT2D eigenvalue weighted by Gasteiger charge is -2.24. The SMILES string of the molecule is Cc1cc2c(c(O[C@H]3C[C@@H](n4cc(Br)c5c(C)ncnc54)[C@H](O)[C@@H]3O)c1)CCCC2. The van der Waals surface area contributed by atoms with Crippen molar-refractivity contribution in [2.24, 2.45) is 0 Å². The Morgan fingerprint density at radius 3 is 2.73 bits per heavy atom. The second-order valence-corrected chi connectivity index (χ2v) is 9.44. The smallest absolute Gasteiger partial charge is 0.145 e. The predicted molar refractivity (Wildman–Crippen MR) is 118 cm³/mol. The van der Waals surface area contributed by atoms with Crippen LogP contribution in [-0.4, -0.2) is 43.1 Å². The lowest BCUT2D eigenvalue weighted by Crippen LogP contribution is -2.34. The van der Waals surface area contributed by atoms with E-state index in [1.807, 2.05) is 17.7 Å². The van der Waals surface area contributed by atoms with Crippen LogP contribution in [-0.2, 0) is 12.8 Å². The summed E-state index contributed by atoms with van der Waals surface area (Å²) in [5.74, 6) is 0.860. The fraction of sp³-hybridized carbons (Fsp3) is 0.478. The summed E-state index contributed by atoms with van der Waals surface area (Å²) in [5.41, 5.74) is 5.41. The zero-order valence-electron chi connectivity index (χ0n) is 17.2. The van der Waals surface area contributed by atoms with Gasteiger partial charge in [-0.3, -0.25) is 0 Å². The van der Waals surface area contributed by atoms with Crippen molar-refractivity contribution < 1.29 is 14.9 Å². The first-order chi connectivity index (χ1) is 14.4. The molecule has 1 fully saturated rings. The summed E-state index contributed by atoms with van der Waals surface area (Å²) in [6.45, 7) is 4.02. The molecule has 2 aliphatic carbocycles. The minimum absolute atomic E-state index is 0.325. The second kappa shape index (κ2) is 7.62. The summed E-state index contributed by atoms with van der Waals surface area (Å²) in [7, 11) is 0. The maximum atomic E-state index is 10.9. The van der Waals surface area contributed by atoms with Crippen LogP contribution in [0.1, 0.15) is 47.7 Å². The maximum Gasteiger partial charge on any atom is 0.145 e. The molecular formula is C23H26BrN3O3. The summed E-state index contributed by atoms with van der Waals surface area (Å²) in [5, 5.41) is 22.6. The summed E-state index contributed by atoms with van der Waals surface area (Å²) in [4.78, 5) is 8.70. The minimum Gasteiger partial charge on any atom is -0.487 e. The average Bonchev–Trinajstić information content (AvgIpc) is 3.20. The van der Waals surface area contributed by atoms with Gasteiger partial charge in [0.2, 0.25) is 0 Å².